The fourth-order valence-corrected chi connectivity index (χ4v) is 3.73. The number of anilines is 1. The van der Waals surface area contributed by atoms with Crippen molar-refractivity contribution < 1.29 is 23.8 Å². The van der Waals surface area contributed by atoms with Gasteiger partial charge in [0.25, 0.3) is 0 Å². The number of methoxy groups -OCH3 is 1. The van der Waals surface area contributed by atoms with Crippen molar-refractivity contribution in [1.29, 1.82) is 0 Å². The number of nitrogens with zero attached hydrogens (tertiary/aromatic N) is 2. The maximum Gasteiger partial charge on any atom is 0.347 e. The van der Waals surface area contributed by atoms with Crippen molar-refractivity contribution in [2.24, 2.45) is 4.99 Å². The maximum atomic E-state index is 12.7. The molecule has 1 aliphatic heterocycles. The molecule has 0 unspecified atom stereocenters. The molecule has 0 amide bonds. The second-order valence-corrected chi connectivity index (χ2v) is 7.36. The molecule has 0 aromatic carbocycles. The molecule has 30 heavy (non-hydrogen) atoms. The predicted molar refractivity (Wildman–Crippen MR) is 113 cm³/mol. The molecule has 8 heteroatoms. The Morgan fingerprint density at radius 3 is 2.97 bits per heavy atom. The van der Waals surface area contributed by atoms with E-state index in [0.717, 1.165) is 36.8 Å². The van der Waals surface area contributed by atoms with Gasteiger partial charge in [-0.15, -0.1) is 0 Å². The molecule has 0 bridgehead atoms. The van der Waals surface area contributed by atoms with Crippen LogP contribution in [0.5, 0.6) is 5.75 Å². The van der Waals surface area contributed by atoms with Gasteiger partial charge in [-0.1, -0.05) is 19.3 Å². The smallest absolute Gasteiger partial charge is 0.347 e. The molecule has 1 fully saturated rings. The zero-order valence-electron chi connectivity index (χ0n) is 16.9. The number of esters is 1. The molecule has 1 saturated carbocycles. The van der Waals surface area contributed by atoms with Crippen molar-refractivity contribution >= 4 is 35.5 Å². The molecule has 1 aliphatic carbocycles. The highest BCUT2D eigenvalue weighted by Gasteiger charge is 2.29. The van der Waals surface area contributed by atoms with Crippen molar-refractivity contribution in [1.82, 2.24) is 4.98 Å². The van der Waals surface area contributed by atoms with Crippen molar-refractivity contribution in [3.8, 4) is 5.75 Å². The Morgan fingerprint density at radius 1 is 1.33 bits per heavy atom. The molecule has 2 aromatic rings. The van der Waals surface area contributed by atoms with E-state index >= 15 is 0 Å². The summed E-state index contributed by atoms with van der Waals surface area (Å²) in [5, 5.41) is 14.1. The number of nitrogens with one attached hydrogen (secondary N) is 1. The number of allylic oxidation sites excluding steroid dienone is 1. The third-order valence-corrected chi connectivity index (χ3v) is 5.28. The Labute approximate surface area is 174 Å². The molecule has 2 N–H and O–H groups in total. The van der Waals surface area contributed by atoms with Gasteiger partial charge in [0.15, 0.2) is 22.9 Å². The first-order valence-electron chi connectivity index (χ1n) is 10.2. The molecular weight excluding hydrogens is 386 g/mol. The number of fused-ring (bicyclic) bond motifs is 1. The van der Waals surface area contributed by atoms with E-state index in [1.807, 2.05) is 12.1 Å². The maximum absolute atomic E-state index is 12.7. The number of aromatic hydroxyl groups is 1. The van der Waals surface area contributed by atoms with Gasteiger partial charge in [0.1, 0.15) is 6.61 Å². The number of rotatable bonds is 7. The lowest BCUT2D eigenvalue weighted by atomic mass is 9.95. The van der Waals surface area contributed by atoms with Crippen LogP contribution in [0.4, 0.5) is 11.7 Å². The van der Waals surface area contributed by atoms with Gasteiger partial charge in [0.05, 0.1) is 6.61 Å². The van der Waals surface area contributed by atoms with E-state index in [4.69, 9.17) is 13.9 Å². The number of pyridine rings is 1. The van der Waals surface area contributed by atoms with Gasteiger partial charge in [-0.3, -0.25) is 0 Å². The third kappa shape index (κ3) is 4.23. The highest BCUT2D eigenvalue weighted by atomic mass is 16.6. The van der Waals surface area contributed by atoms with Crippen LogP contribution in [0.3, 0.4) is 0 Å². The van der Waals surface area contributed by atoms with Crippen LogP contribution < -0.4 is 5.32 Å². The lowest BCUT2D eigenvalue weighted by molar-refractivity contribution is 0.0386. The zero-order valence-corrected chi connectivity index (χ0v) is 16.9. The van der Waals surface area contributed by atoms with Gasteiger partial charge in [-0.25, -0.2) is 14.8 Å². The number of hydrogen-bond donors (Lipinski definition) is 2. The summed E-state index contributed by atoms with van der Waals surface area (Å²) in [6.07, 6.45) is 10.4. The minimum atomic E-state index is -0.654. The Bertz CT molecular complexity index is 973. The highest BCUT2D eigenvalue weighted by molar-refractivity contribution is 6.21. The normalized spacial score (nSPS) is 17.3. The Morgan fingerprint density at radius 2 is 2.17 bits per heavy atom. The molecule has 8 nitrogen and oxygen atoms in total. The Kier molecular flexibility index (Phi) is 6.13. The molecule has 3 heterocycles. The lowest BCUT2D eigenvalue weighted by Crippen LogP contribution is -2.23. The van der Waals surface area contributed by atoms with E-state index in [2.05, 4.69) is 15.3 Å². The summed E-state index contributed by atoms with van der Waals surface area (Å²) in [4.78, 5) is 21.1. The number of carbonyl (C=O) groups excluding carboxylic acids is 1. The molecule has 2 aromatic heterocycles. The first-order chi connectivity index (χ1) is 14.7. The molecule has 0 saturated heterocycles. The second-order valence-electron chi connectivity index (χ2n) is 7.36. The summed E-state index contributed by atoms with van der Waals surface area (Å²) in [7, 11) is 1.53. The largest absolute Gasteiger partial charge is 0.504 e. The number of aromatic nitrogens is 1. The summed E-state index contributed by atoms with van der Waals surface area (Å²) in [5.74, 6) is 0.0992. The monoisotopic (exact) mass is 411 g/mol. The van der Waals surface area contributed by atoms with Gasteiger partial charge in [-0.2, -0.15) is 0 Å². The Balaban J connectivity index is 1.66. The number of aliphatic imine (C=N–C) groups is 1. The van der Waals surface area contributed by atoms with Gasteiger partial charge in [-0.05, 0) is 31.1 Å². The van der Waals surface area contributed by atoms with Crippen LogP contribution in [0.15, 0.2) is 27.7 Å². The van der Waals surface area contributed by atoms with Gasteiger partial charge in [0, 0.05) is 36.7 Å². The van der Waals surface area contributed by atoms with E-state index in [-0.39, 0.29) is 42.2 Å². The van der Waals surface area contributed by atoms with Crippen LogP contribution in [-0.2, 0) is 9.47 Å². The van der Waals surface area contributed by atoms with E-state index in [9.17, 15) is 9.90 Å². The number of furan rings is 1. The standard InChI is InChI=1S/C22H25N3O5/c1-28-10-11-29-22(27)18-19(26)17(30-21(18)25-15-6-3-2-4-7-15)12-14-13-24-20-16(14)8-5-9-23-20/h5,8-9,12-13,15,25-26H,2-4,6-7,10-11H2,1H3. The van der Waals surface area contributed by atoms with Crippen molar-refractivity contribution in [3.63, 3.8) is 0 Å². The van der Waals surface area contributed by atoms with Crippen molar-refractivity contribution in [2.45, 2.75) is 38.1 Å². The average Bonchev–Trinajstić information content (AvgIpc) is 3.30. The SMILES string of the molecule is COCCOC(=O)c1c(NC2CCCCC2)oc(C=C2C=Nc3ncccc32)c1O. The fourth-order valence-electron chi connectivity index (χ4n) is 3.73. The fraction of sp³-hybridized carbons (Fsp3) is 0.409. The van der Waals surface area contributed by atoms with E-state index < -0.39 is 5.97 Å². The molecule has 0 atom stereocenters. The summed E-state index contributed by atoms with van der Waals surface area (Å²) >= 11 is 0. The number of carbonyl (C=O) groups is 1. The van der Waals surface area contributed by atoms with Crippen LogP contribution in [0.25, 0.3) is 11.6 Å². The van der Waals surface area contributed by atoms with Crippen LogP contribution in [-0.4, -0.2) is 48.6 Å². The summed E-state index contributed by atoms with van der Waals surface area (Å²) in [5.41, 5.74) is 1.58. The van der Waals surface area contributed by atoms with Crippen LogP contribution in [0.2, 0.25) is 0 Å². The lowest BCUT2D eigenvalue weighted by Gasteiger charge is -2.22. The molecular formula is C22H25N3O5. The topological polar surface area (TPSA) is 106 Å². The minimum Gasteiger partial charge on any atom is -0.504 e. The van der Waals surface area contributed by atoms with Gasteiger partial charge in [0.2, 0.25) is 5.88 Å². The summed E-state index contributed by atoms with van der Waals surface area (Å²) in [6, 6.07) is 3.90. The molecule has 0 spiro atoms. The van der Waals surface area contributed by atoms with Gasteiger partial charge >= 0.3 is 5.97 Å². The van der Waals surface area contributed by atoms with E-state index in [1.165, 1.54) is 13.5 Å². The number of hydrogen-bond acceptors (Lipinski definition) is 8. The molecule has 0 radical (unpaired) electrons. The van der Waals surface area contributed by atoms with E-state index in [0.29, 0.717) is 5.82 Å². The third-order valence-electron chi connectivity index (χ3n) is 5.28. The molecule has 2 aliphatic rings. The van der Waals surface area contributed by atoms with E-state index in [1.54, 1.807) is 18.5 Å². The summed E-state index contributed by atoms with van der Waals surface area (Å²) < 4.78 is 16.1. The van der Waals surface area contributed by atoms with Crippen molar-refractivity contribution in [3.05, 3.63) is 35.2 Å². The van der Waals surface area contributed by atoms with Crippen LogP contribution in [0.1, 0.15) is 53.8 Å². The first kappa shape index (κ1) is 20.2. The van der Waals surface area contributed by atoms with Gasteiger partial charge < -0.3 is 24.3 Å². The predicted octanol–water partition coefficient (Wildman–Crippen LogP) is 4.18. The van der Waals surface area contributed by atoms with Crippen molar-refractivity contribution in [2.75, 3.05) is 25.6 Å². The molecule has 158 valence electrons. The quantitative estimate of drug-likeness (QED) is 0.520. The second kappa shape index (κ2) is 9.13. The molecule has 4 rings (SSSR count). The first-order valence-corrected chi connectivity index (χ1v) is 10.2. The highest BCUT2D eigenvalue weighted by Crippen LogP contribution is 2.39. The number of ether oxygens (including phenoxy) is 2. The average molecular weight is 411 g/mol. The van der Waals surface area contributed by atoms with Crippen LogP contribution >= 0.6 is 0 Å². The van der Waals surface area contributed by atoms with Crippen LogP contribution in [0, 0.1) is 0 Å². The minimum absolute atomic E-state index is 0.00451. The zero-order chi connectivity index (χ0) is 20.9. The summed E-state index contributed by atoms with van der Waals surface area (Å²) in [6.45, 7) is 0.359. The Hall–Kier alpha value is -3.13.